The predicted octanol–water partition coefficient (Wildman–Crippen LogP) is 2.32. The number of nitrogens with zero attached hydrogens (tertiary/aromatic N) is 1. The van der Waals surface area contributed by atoms with Crippen molar-refractivity contribution in [2.75, 3.05) is 13.1 Å². The van der Waals surface area contributed by atoms with Gasteiger partial charge in [-0.1, -0.05) is 28.1 Å². The van der Waals surface area contributed by atoms with Gasteiger partial charge in [-0.05, 0) is 41.5 Å². The summed E-state index contributed by atoms with van der Waals surface area (Å²) in [6.07, 6.45) is 0.722. The van der Waals surface area contributed by atoms with Crippen molar-refractivity contribution in [3.05, 3.63) is 40.9 Å². The van der Waals surface area contributed by atoms with Gasteiger partial charge >= 0.3 is 0 Å². The van der Waals surface area contributed by atoms with Gasteiger partial charge in [-0.15, -0.1) is 0 Å². The molecule has 1 aliphatic rings. The van der Waals surface area contributed by atoms with Crippen LogP contribution in [0.2, 0.25) is 0 Å². The molecule has 0 radical (unpaired) electrons. The minimum Gasteiger partial charge on any atom is -0.326 e. The molecule has 2 aromatic carbocycles. The fourth-order valence-corrected chi connectivity index (χ4v) is 4.40. The molecule has 2 aromatic rings. The van der Waals surface area contributed by atoms with E-state index < -0.39 is 10.0 Å². The average Bonchev–Trinajstić information content (AvgIpc) is 2.85. The molecule has 1 atom stereocenters. The van der Waals surface area contributed by atoms with Gasteiger partial charge in [0, 0.05) is 23.6 Å². The number of nitrogens with two attached hydrogens (primary N) is 1. The van der Waals surface area contributed by atoms with Crippen LogP contribution in [0.1, 0.15) is 6.42 Å². The van der Waals surface area contributed by atoms with Gasteiger partial charge < -0.3 is 5.73 Å². The number of hydrogen-bond donors (Lipinski definition) is 1. The molecule has 4 nitrogen and oxygen atoms in total. The molecule has 0 aliphatic carbocycles. The van der Waals surface area contributed by atoms with Gasteiger partial charge in [-0.2, -0.15) is 4.31 Å². The number of halogens is 1. The lowest BCUT2D eigenvalue weighted by atomic mass is 10.1. The SMILES string of the molecule is N[C@@H]1CCN(S(=O)(=O)c2ccc3cc(Br)ccc3c2)C1. The average molecular weight is 355 g/mol. The molecule has 20 heavy (non-hydrogen) atoms. The number of benzene rings is 2. The molecular weight excluding hydrogens is 340 g/mol. The Morgan fingerprint density at radius 2 is 1.85 bits per heavy atom. The highest BCUT2D eigenvalue weighted by atomic mass is 79.9. The van der Waals surface area contributed by atoms with Crippen molar-refractivity contribution in [1.29, 1.82) is 0 Å². The van der Waals surface area contributed by atoms with Crippen LogP contribution >= 0.6 is 15.9 Å². The molecule has 0 aromatic heterocycles. The van der Waals surface area contributed by atoms with Crippen LogP contribution in [0.5, 0.6) is 0 Å². The Balaban J connectivity index is 2.03. The van der Waals surface area contributed by atoms with E-state index in [-0.39, 0.29) is 6.04 Å². The summed E-state index contributed by atoms with van der Waals surface area (Å²) in [4.78, 5) is 0.335. The molecule has 106 valence electrons. The minimum atomic E-state index is -3.43. The van der Waals surface area contributed by atoms with Crippen molar-refractivity contribution < 1.29 is 8.42 Å². The number of sulfonamides is 1. The zero-order chi connectivity index (χ0) is 14.3. The van der Waals surface area contributed by atoms with E-state index in [4.69, 9.17) is 5.73 Å². The van der Waals surface area contributed by atoms with Crippen LogP contribution < -0.4 is 5.73 Å². The lowest BCUT2D eigenvalue weighted by Crippen LogP contribution is -2.31. The van der Waals surface area contributed by atoms with E-state index in [0.717, 1.165) is 21.7 Å². The third-order valence-electron chi connectivity index (χ3n) is 3.60. The highest BCUT2D eigenvalue weighted by Gasteiger charge is 2.30. The first-order valence-corrected chi connectivity index (χ1v) is 8.65. The Bertz CT molecular complexity index is 761. The second-order valence-electron chi connectivity index (χ2n) is 5.07. The zero-order valence-corrected chi connectivity index (χ0v) is 13.2. The van der Waals surface area contributed by atoms with Gasteiger partial charge in [0.1, 0.15) is 0 Å². The molecule has 0 bridgehead atoms. The van der Waals surface area contributed by atoms with E-state index >= 15 is 0 Å². The fraction of sp³-hybridized carbons (Fsp3) is 0.286. The maximum absolute atomic E-state index is 12.6. The van der Waals surface area contributed by atoms with Crippen LogP contribution in [0.3, 0.4) is 0 Å². The Morgan fingerprint density at radius 3 is 2.55 bits per heavy atom. The van der Waals surface area contributed by atoms with Crippen molar-refractivity contribution in [2.45, 2.75) is 17.4 Å². The van der Waals surface area contributed by atoms with E-state index in [1.54, 1.807) is 12.1 Å². The number of hydrogen-bond acceptors (Lipinski definition) is 3. The topological polar surface area (TPSA) is 63.4 Å². The highest BCUT2D eigenvalue weighted by molar-refractivity contribution is 9.10. The molecule has 1 heterocycles. The molecule has 0 spiro atoms. The summed E-state index contributed by atoms with van der Waals surface area (Å²) in [6, 6.07) is 11.0. The van der Waals surface area contributed by atoms with Crippen LogP contribution in [0, 0.1) is 0 Å². The minimum absolute atomic E-state index is 0.0545. The van der Waals surface area contributed by atoms with E-state index in [2.05, 4.69) is 15.9 Å². The standard InChI is InChI=1S/C14H15BrN2O2S/c15-12-3-1-11-8-14(4-2-10(11)7-12)20(18,19)17-6-5-13(16)9-17/h1-4,7-8,13H,5-6,9,16H2/t13-/m1/s1. The molecule has 0 saturated carbocycles. The van der Waals surface area contributed by atoms with Crippen LogP contribution in [0.15, 0.2) is 45.8 Å². The third-order valence-corrected chi connectivity index (χ3v) is 5.95. The summed E-state index contributed by atoms with van der Waals surface area (Å²) in [5.41, 5.74) is 5.80. The summed E-state index contributed by atoms with van der Waals surface area (Å²) >= 11 is 3.41. The van der Waals surface area contributed by atoms with Crippen molar-refractivity contribution >= 4 is 36.7 Å². The molecule has 1 aliphatic heterocycles. The van der Waals surface area contributed by atoms with Gasteiger partial charge in [0.15, 0.2) is 0 Å². The Morgan fingerprint density at radius 1 is 1.15 bits per heavy atom. The van der Waals surface area contributed by atoms with Gasteiger partial charge in [0.25, 0.3) is 0 Å². The molecule has 1 saturated heterocycles. The van der Waals surface area contributed by atoms with E-state index in [9.17, 15) is 8.42 Å². The Hall–Kier alpha value is -0.950. The van der Waals surface area contributed by atoms with Crippen molar-refractivity contribution in [1.82, 2.24) is 4.31 Å². The first-order chi connectivity index (χ1) is 9.46. The largest absolute Gasteiger partial charge is 0.326 e. The molecule has 0 unspecified atom stereocenters. The second-order valence-corrected chi connectivity index (χ2v) is 7.92. The predicted molar refractivity (Wildman–Crippen MR) is 83.0 cm³/mol. The first-order valence-electron chi connectivity index (χ1n) is 6.42. The summed E-state index contributed by atoms with van der Waals surface area (Å²) < 4.78 is 27.6. The van der Waals surface area contributed by atoms with Gasteiger partial charge in [0.2, 0.25) is 10.0 Å². The van der Waals surface area contributed by atoms with Crippen LogP contribution in [-0.2, 0) is 10.0 Å². The molecular formula is C14H15BrN2O2S. The first kappa shape index (κ1) is 14.0. The van der Waals surface area contributed by atoms with Crippen LogP contribution in [0.4, 0.5) is 0 Å². The van der Waals surface area contributed by atoms with E-state index in [1.165, 1.54) is 4.31 Å². The van der Waals surface area contributed by atoms with Crippen LogP contribution in [-0.4, -0.2) is 31.9 Å². The Labute approximate surface area is 126 Å². The van der Waals surface area contributed by atoms with E-state index in [0.29, 0.717) is 18.0 Å². The summed E-state index contributed by atoms with van der Waals surface area (Å²) in [7, 11) is -3.43. The van der Waals surface area contributed by atoms with Crippen molar-refractivity contribution in [3.63, 3.8) is 0 Å². The monoisotopic (exact) mass is 354 g/mol. The molecule has 0 amide bonds. The highest BCUT2D eigenvalue weighted by Crippen LogP contribution is 2.26. The molecule has 3 rings (SSSR count). The van der Waals surface area contributed by atoms with Gasteiger partial charge in [-0.25, -0.2) is 8.42 Å². The second kappa shape index (κ2) is 5.11. The molecule has 1 fully saturated rings. The normalized spacial score (nSPS) is 20.6. The van der Waals surface area contributed by atoms with Crippen LogP contribution in [0.25, 0.3) is 10.8 Å². The number of fused-ring (bicyclic) bond motifs is 1. The van der Waals surface area contributed by atoms with Crippen molar-refractivity contribution in [2.24, 2.45) is 5.73 Å². The zero-order valence-electron chi connectivity index (χ0n) is 10.8. The van der Waals surface area contributed by atoms with Crippen molar-refractivity contribution in [3.8, 4) is 0 Å². The van der Waals surface area contributed by atoms with Gasteiger partial charge in [0.05, 0.1) is 4.90 Å². The smallest absolute Gasteiger partial charge is 0.243 e. The maximum Gasteiger partial charge on any atom is 0.243 e. The maximum atomic E-state index is 12.6. The lowest BCUT2D eigenvalue weighted by molar-refractivity contribution is 0.472. The van der Waals surface area contributed by atoms with Gasteiger partial charge in [-0.3, -0.25) is 0 Å². The molecule has 6 heteroatoms. The third kappa shape index (κ3) is 2.48. The quantitative estimate of drug-likeness (QED) is 0.899. The summed E-state index contributed by atoms with van der Waals surface area (Å²) in [6.45, 7) is 0.905. The Kier molecular flexibility index (Phi) is 3.58. The fourth-order valence-electron chi connectivity index (χ4n) is 2.48. The van der Waals surface area contributed by atoms with E-state index in [1.807, 2.05) is 24.3 Å². The summed E-state index contributed by atoms with van der Waals surface area (Å²) in [5.74, 6) is 0. The lowest BCUT2D eigenvalue weighted by Gasteiger charge is -2.16. The molecule has 2 N–H and O–H groups in total. The summed E-state index contributed by atoms with van der Waals surface area (Å²) in [5, 5.41) is 1.93. The number of rotatable bonds is 2.